The van der Waals surface area contributed by atoms with E-state index < -0.39 is 0 Å². The fourth-order valence-corrected chi connectivity index (χ4v) is 5.54. The molecule has 0 amide bonds. The summed E-state index contributed by atoms with van der Waals surface area (Å²) in [4.78, 5) is 0. The molecule has 2 aliphatic rings. The van der Waals surface area contributed by atoms with E-state index in [2.05, 4.69) is 99.9 Å². The van der Waals surface area contributed by atoms with Crippen molar-refractivity contribution in [2.75, 3.05) is 13.2 Å². The standard InChI is InChI=1S/C30H34O2/c1-21(2)29-25-15-9-7-13-23(25)19-27(29)31-17-11-5-6-12-18-32-28-20-24-14-8-10-16-26(24)30(28)22(3)4/h7-10,13-16,21-22,27-30H,17-20H2,1-4H3/t27-,28-,29+,30+/m1/s1. The summed E-state index contributed by atoms with van der Waals surface area (Å²) >= 11 is 0. The Morgan fingerprint density at radius 3 is 1.50 bits per heavy atom. The summed E-state index contributed by atoms with van der Waals surface area (Å²) in [5.41, 5.74) is 5.70. The zero-order chi connectivity index (χ0) is 22.5. The van der Waals surface area contributed by atoms with E-state index >= 15 is 0 Å². The SMILES string of the molecule is CC(C)[C@H]1c2ccccc2C[C@H]1OCC#CC#CCO[C@@H]1Cc2ccccc2[C@@H]1C(C)C. The Kier molecular flexibility index (Phi) is 7.36. The lowest BCUT2D eigenvalue weighted by Crippen LogP contribution is -2.22. The molecule has 4 rings (SSSR count). The van der Waals surface area contributed by atoms with Crippen LogP contribution in [0.15, 0.2) is 48.5 Å². The number of hydrogen-bond donors (Lipinski definition) is 0. The molecule has 32 heavy (non-hydrogen) atoms. The molecule has 0 unspecified atom stereocenters. The zero-order valence-corrected chi connectivity index (χ0v) is 19.7. The van der Waals surface area contributed by atoms with E-state index in [1.165, 1.54) is 22.3 Å². The second kappa shape index (κ2) is 10.4. The van der Waals surface area contributed by atoms with Crippen molar-refractivity contribution < 1.29 is 9.47 Å². The van der Waals surface area contributed by atoms with E-state index in [0.717, 1.165) is 12.8 Å². The third-order valence-corrected chi connectivity index (χ3v) is 6.89. The summed E-state index contributed by atoms with van der Waals surface area (Å²) in [6, 6.07) is 17.4. The van der Waals surface area contributed by atoms with Gasteiger partial charge in [0, 0.05) is 11.8 Å². The lowest BCUT2D eigenvalue weighted by atomic mass is 9.88. The van der Waals surface area contributed by atoms with Crippen LogP contribution in [0, 0.1) is 35.5 Å². The Bertz CT molecular complexity index is 958. The van der Waals surface area contributed by atoms with Crippen LogP contribution in [0.2, 0.25) is 0 Å². The van der Waals surface area contributed by atoms with Gasteiger partial charge in [-0.15, -0.1) is 0 Å². The van der Waals surface area contributed by atoms with Crippen molar-refractivity contribution >= 4 is 0 Å². The predicted molar refractivity (Wildman–Crippen MR) is 130 cm³/mol. The zero-order valence-electron chi connectivity index (χ0n) is 19.7. The van der Waals surface area contributed by atoms with Gasteiger partial charge in [0.25, 0.3) is 0 Å². The van der Waals surface area contributed by atoms with E-state index in [-0.39, 0.29) is 12.2 Å². The average molecular weight is 427 g/mol. The number of benzene rings is 2. The first-order chi connectivity index (χ1) is 15.6. The van der Waals surface area contributed by atoms with Crippen LogP contribution in [0.5, 0.6) is 0 Å². The minimum atomic E-state index is 0.204. The van der Waals surface area contributed by atoms with E-state index in [4.69, 9.17) is 9.47 Å². The number of rotatable bonds is 6. The highest BCUT2D eigenvalue weighted by Crippen LogP contribution is 2.40. The van der Waals surface area contributed by atoms with Crippen LogP contribution in [-0.4, -0.2) is 25.4 Å². The molecule has 2 aliphatic carbocycles. The van der Waals surface area contributed by atoms with Crippen molar-refractivity contribution in [1.82, 2.24) is 0 Å². The Morgan fingerprint density at radius 1 is 0.688 bits per heavy atom. The van der Waals surface area contributed by atoms with Crippen LogP contribution in [0.1, 0.15) is 61.8 Å². The van der Waals surface area contributed by atoms with Crippen molar-refractivity contribution in [3.8, 4) is 23.7 Å². The van der Waals surface area contributed by atoms with Gasteiger partial charge in [-0.1, -0.05) is 88.1 Å². The summed E-state index contributed by atoms with van der Waals surface area (Å²) in [7, 11) is 0. The Hall–Kier alpha value is -2.52. The quantitative estimate of drug-likeness (QED) is 0.547. The highest BCUT2D eigenvalue weighted by Gasteiger charge is 2.35. The summed E-state index contributed by atoms with van der Waals surface area (Å²) in [5.74, 6) is 14.0. The maximum atomic E-state index is 6.15. The Balaban J connectivity index is 1.25. The van der Waals surface area contributed by atoms with Crippen LogP contribution in [0.25, 0.3) is 0 Å². The molecule has 2 aromatic rings. The molecule has 0 fully saturated rings. The maximum Gasteiger partial charge on any atom is 0.109 e. The number of fused-ring (bicyclic) bond motifs is 2. The van der Waals surface area contributed by atoms with Gasteiger partial charge in [0.1, 0.15) is 13.2 Å². The van der Waals surface area contributed by atoms with Crippen molar-refractivity contribution in [3.63, 3.8) is 0 Å². The molecule has 0 radical (unpaired) electrons. The minimum absolute atomic E-state index is 0.204. The van der Waals surface area contributed by atoms with E-state index in [1.807, 2.05) is 0 Å². The maximum absolute atomic E-state index is 6.15. The summed E-state index contributed by atoms with van der Waals surface area (Å²) in [6.07, 6.45) is 2.35. The van der Waals surface area contributed by atoms with Crippen molar-refractivity contribution in [2.24, 2.45) is 11.8 Å². The Morgan fingerprint density at radius 2 is 1.09 bits per heavy atom. The molecule has 2 nitrogen and oxygen atoms in total. The molecule has 0 N–H and O–H groups in total. The van der Waals surface area contributed by atoms with Crippen LogP contribution in [-0.2, 0) is 22.3 Å². The predicted octanol–water partition coefficient (Wildman–Crippen LogP) is 5.76. The molecule has 0 saturated carbocycles. The molecule has 0 saturated heterocycles. The molecule has 0 aromatic heterocycles. The van der Waals surface area contributed by atoms with Crippen LogP contribution in [0.3, 0.4) is 0 Å². The summed E-state index contributed by atoms with van der Waals surface area (Å²) in [5, 5.41) is 0. The van der Waals surface area contributed by atoms with Crippen molar-refractivity contribution in [3.05, 3.63) is 70.8 Å². The molecule has 0 aliphatic heterocycles. The third kappa shape index (κ3) is 4.94. The lowest BCUT2D eigenvalue weighted by Gasteiger charge is -2.23. The summed E-state index contributed by atoms with van der Waals surface area (Å²) < 4.78 is 12.3. The normalized spacial score (nSPS) is 23.3. The molecule has 4 atom stereocenters. The first-order valence-electron chi connectivity index (χ1n) is 11.9. The fraction of sp³-hybridized carbons (Fsp3) is 0.467. The minimum Gasteiger partial charge on any atom is -0.365 e. The second-order valence-corrected chi connectivity index (χ2v) is 9.65. The third-order valence-electron chi connectivity index (χ3n) is 6.89. The Labute approximate surface area is 193 Å². The van der Waals surface area contributed by atoms with Crippen LogP contribution >= 0.6 is 0 Å². The van der Waals surface area contributed by atoms with Crippen molar-refractivity contribution in [1.29, 1.82) is 0 Å². The van der Waals surface area contributed by atoms with Gasteiger partial charge in [-0.05, 0) is 58.8 Å². The molecular weight excluding hydrogens is 392 g/mol. The molecule has 0 spiro atoms. The lowest BCUT2D eigenvalue weighted by molar-refractivity contribution is 0.0536. The van der Waals surface area contributed by atoms with Crippen LogP contribution in [0.4, 0.5) is 0 Å². The number of ether oxygens (including phenoxy) is 2. The first kappa shape index (κ1) is 22.7. The smallest absolute Gasteiger partial charge is 0.109 e. The van der Waals surface area contributed by atoms with Gasteiger partial charge in [-0.25, -0.2) is 0 Å². The molecule has 166 valence electrons. The highest BCUT2D eigenvalue weighted by molar-refractivity contribution is 5.38. The van der Waals surface area contributed by atoms with Gasteiger partial charge in [0.15, 0.2) is 0 Å². The number of hydrogen-bond acceptors (Lipinski definition) is 2. The van der Waals surface area contributed by atoms with Gasteiger partial charge in [0.2, 0.25) is 0 Å². The average Bonchev–Trinajstić information content (AvgIpc) is 3.33. The van der Waals surface area contributed by atoms with Gasteiger partial charge in [0.05, 0.1) is 12.2 Å². The topological polar surface area (TPSA) is 18.5 Å². The molecule has 2 heteroatoms. The van der Waals surface area contributed by atoms with Gasteiger partial charge >= 0.3 is 0 Å². The van der Waals surface area contributed by atoms with Gasteiger partial charge < -0.3 is 9.47 Å². The molecule has 0 bridgehead atoms. The molecular formula is C30H34O2. The van der Waals surface area contributed by atoms with Crippen LogP contribution < -0.4 is 0 Å². The molecule has 0 heterocycles. The highest BCUT2D eigenvalue weighted by atomic mass is 16.5. The van der Waals surface area contributed by atoms with E-state index in [1.54, 1.807) is 0 Å². The summed E-state index contributed by atoms with van der Waals surface area (Å²) in [6.45, 7) is 9.93. The largest absolute Gasteiger partial charge is 0.365 e. The monoisotopic (exact) mass is 426 g/mol. The van der Waals surface area contributed by atoms with Gasteiger partial charge in [-0.3, -0.25) is 0 Å². The fourth-order valence-electron chi connectivity index (χ4n) is 5.54. The first-order valence-corrected chi connectivity index (χ1v) is 11.9. The van der Waals surface area contributed by atoms with E-state index in [0.29, 0.717) is 36.9 Å². The van der Waals surface area contributed by atoms with Crippen molar-refractivity contribution in [2.45, 2.75) is 64.6 Å². The van der Waals surface area contributed by atoms with E-state index in [9.17, 15) is 0 Å². The second-order valence-electron chi connectivity index (χ2n) is 9.65. The molecule has 2 aromatic carbocycles. The van der Waals surface area contributed by atoms with Gasteiger partial charge in [-0.2, -0.15) is 0 Å².